The van der Waals surface area contributed by atoms with Crippen molar-refractivity contribution in [3.8, 4) is 0 Å². The summed E-state index contributed by atoms with van der Waals surface area (Å²) in [6.45, 7) is 6.86. The topological polar surface area (TPSA) is 12.0 Å². The molecule has 0 radical (unpaired) electrons. The molecule has 0 bridgehead atoms. The van der Waals surface area contributed by atoms with E-state index < -0.39 is 11.6 Å². The molecule has 1 atom stereocenters. The minimum Gasteiger partial charge on any atom is -0.306 e. The van der Waals surface area contributed by atoms with Gasteiger partial charge in [-0.1, -0.05) is 6.07 Å². The quantitative estimate of drug-likeness (QED) is 0.870. The van der Waals surface area contributed by atoms with Crippen LogP contribution in [0.1, 0.15) is 33.8 Å². The first-order chi connectivity index (χ1) is 8.97. The summed E-state index contributed by atoms with van der Waals surface area (Å²) in [5.41, 5.74) is 2.01. The fourth-order valence-corrected chi connectivity index (χ4v) is 2.97. The van der Waals surface area contributed by atoms with Crippen molar-refractivity contribution >= 4 is 11.3 Å². The lowest BCUT2D eigenvalue weighted by molar-refractivity contribution is 0.500. The van der Waals surface area contributed by atoms with Crippen LogP contribution in [0.2, 0.25) is 0 Å². The van der Waals surface area contributed by atoms with Gasteiger partial charge in [0.1, 0.15) is 0 Å². The largest absolute Gasteiger partial charge is 0.306 e. The molecule has 0 aliphatic rings. The standard InChI is InChI=1S/C15H17F2NS/c1-9-6-13(11(3)19-9)8-18-10(2)12-4-5-14(16)15(17)7-12/h4-7,10,18H,8H2,1-3H3. The van der Waals surface area contributed by atoms with E-state index in [-0.39, 0.29) is 6.04 Å². The van der Waals surface area contributed by atoms with Crippen LogP contribution in [0.25, 0.3) is 0 Å². The van der Waals surface area contributed by atoms with Gasteiger partial charge in [-0.25, -0.2) is 8.78 Å². The molecule has 0 saturated heterocycles. The second kappa shape index (κ2) is 5.80. The van der Waals surface area contributed by atoms with Crippen LogP contribution in [0, 0.1) is 25.5 Å². The Hall–Kier alpha value is -1.26. The van der Waals surface area contributed by atoms with Gasteiger partial charge in [0.15, 0.2) is 11.6 Å². The minimum absolute atomic E-state index is 0.0188. The zero-order valence-electron chi connectivity index (χ0n) is 11.3. The molecular formula is C15H17F2NS. The molecule has 1 N–H and O–H groups in total. The summed E-state index contributed by atoms with van der Waals surface area (Å²) in [4.78, 5) is 2.58. The Morgan fingerprint density at radius 2 is 1.89 bits per heavy atom. The number of thiophene rings is 1. The molecule has 1 aromatic carbocycles. The van der Waals surface area contributed by atoms with E-state index >= 15 is 0 Å². The molecule has 0 fully saturated rings. The van der Waals surface area contributed by atoms with Crippen LogP contribution in [-0.2, 0) is 6.54 Å². The predicted molar refractivity (Wildman–Crippen MR) is 75.4 cm³/mol. The van der Waals surface area contributed by atoms with Crippen molar-refractivity contribution in [3.63, 3.8) is 0 Å². The third-order valence-corrected chi connectivity index (χ3v) is 4.19. The summed E-state index contributed by atoms with van der Waals surface area (Å²) in [5.74, 6) is -1.60. The summed E-state index contributed by atoms with van der Waals surface area (Å²) < 4.78 is 26.0. The van der Waals surface area contributed by atoms with Gasteiger partial charge in [-0.05, 0) is 50.1 Å². The molecule has 2 aromatic rings. The third-order valence-electron chi connectivity index (χ3n) is 3.19. The van der Waals surface area contributed by atoms with E-state index in [1.807, 2.05) is 6.92 Å². The van der Waals surface area contributed by atoms with Gasteiger partial charge in [-0.15, -0.1) is 11.3 Å². The molecule has 0 saturated carbocycles. The highest BCUT2D eigenvalue weighted by Gasteiger charge is 2.10. The molecule has 1 unspecified atom stereocenters. The summed E-state index contributed by atoms with van der Waals surface area (Å²) in [6.07, 6.45) is 0. The second-order valence-electron chi connectivity index (χ2n) is 4.71. The smallest absolute Gasteiger partial charge is 0.159 e. The van der Waals surface area contributed by atoms with Crippen LogP contribution in [0.3, 0.4) is 0 Å². The molecule has 102 valence electrons. The molecule has 1 nitrogen and oxygen atoms in total. The lowest BCUT2D eigenvalue weighted by atomic mass is 10.1. The van der Waals surface area contributed by atoms with Crippen LogP contribution in [-0.4, -0.2) is 0 Å². The highest BCUT2D eigenvalue weighted by Crippen LogP contribution is 2.22. The highest BCUT2D eigenvalue weighted by atomic mass is 32.1. The van der Waals surface area contributed by atoms with E-state index in [1.165, 1.54) is 27.5 Å². The first kappa shape index (κ1) is 14.2. The predicted octanol–water partition coefficient (Wildman–Crippen LogP) is 4.49. The molecule has 1 aromatic heterocycles. The van der Waals surface area contributed by atoms with Crippen molar-refractivity contribution in [2.24, 2.45) is 0 Å². The maximum atomic E-state index is 13.2. The molecule has 0 aliphatic heterocycles. The maximum absolute atomic E-state index is 13.2. The van der Waals surface area contributed by atoms with E-state index in [0.717, 1.165) is 12.1 Å². The summed E-state index contributed by atoms with van der Waals surface area (Å²) in [7, 11) is 0. The van der Waals surface area contributed by atoms with E-state index in [0.29, 0.717) is 0 Å². The van der Waals surface area contributed by atoms with E-state index in [1.54, 1.807) is 17.4 Å². The van der Waals surface area contributed by atoms with E-state index in [2.05, 4.69) is 25.2 Å². The second-order valence-corrected chi connectivity index (χ2v) is 6.18. The summed E-state index contributed by atoms with van der Waals surface area (Å²) >= 11 is 1.77. The minimum atomic E-state index is -0.805. The normalized spacial score (nSPS) is 12.7. The zero-order valence-corrected chi connectivity index (χ0v) is 12.1. The summed E-state index contributed by atoms with van der Waals surface area (Å²) in [5, 5.41) is 3.33. The molecular weight excluding hydrogens is 264 g/mol. The van der Waals surface area contributed by atoms with E-state index in [9.17, 15) is 8.78 Å². The van der Waals surface area contributed by atoms with Crippen LogP contribution >= 0.6 is 11.3 Å². The average Bonchev–Trinajstić information content (AvgIpc) is 2.68. The van der Waals surface area contributed by atoms with Gasteiger partial charge in [-0.2, -0.15) is 0 Å². The molecule has 19 heavy (non-hydrogen) atoms. The SMILES string of the molecule is Cc1cc(CNC(C)c2ccc(F)c(F)c2)c(C)s1. The van der Waals surface area contributed by atoms with Gasteiger partial charge >= 0.3 is 0 Å². The number of benzene rings is 1. The van der Waals surface area contributed by atoms with Gasteiger partial charge < -0.3 is 5.32 Å². The molecule has 2 rings (SSSR count). The van der Waals surface area contributed by atoms with Gasteiger partial charge in [0, 0.05) is 22.3 Å². The Morgan fingerprint density at radius 3 is 2.47 bits per heavy atom. The number of hydrogen-bond donors (Lipinski definition) is 1. The fraction of sp³-hybridized carbons (Fsp3) is 0.333. The number of hydrogen-bond acceptors (Lipinski definition) is 2. The van der Waals surface area contributed by atoms with Crippen molar-refractivity contribution in [2.45, 2.75) is 33.4 Å². The number of rotatable bonds is 4. The third kappa shape index (κ3) is 3.39. The van der Waals surface area contributed by atoms with Crippen LogP contribution in [0.5, 0.6) is 0 Å². The Morgan fingerprint density at radius 1 is 1.16 bits per heavy atom. The van der Waals surface area contributed by atoms with Crippen molar-refractivity contribution in [3.05, 3.63) is 56.8 Å². The van der Waals surface area contributed by atoms with Gasteiger partial charge in [0.25, 0.3) is 0 Å². The van der Waals surface area contributed by atoms with Gasteiger partial charge in [0.2, 0.25) is 0 Å². The lowest BCUT2D eigenvalue weighted by Gasteiger charge is -2.14. The maximum Gasteiger partial charge on any atom is 0.159 e. The van der Waals surface area contributed by atoms with Gasteiger partial charge in [0.05, 0.1) is 0 Å². The molecule has 4 heteroatoms. The molecule has 0 spiro atoms. The Kier molecular flexibility index (Phi) is 4.32. The first-order valence-corrected chi connectivity index (χ1v) is 7.03. The Bertz CT molecular complexity index is 578. The zero-order chi connectivity index (χ0) is 14.0. The van der Waals surface area contributed by atoms with Crippen molar-refractivity contribution in [1.29, 1.82) is 0 Å². The van der Waals surface area contributed by atoms with Gasteiger partial charge in [-0.3, -0.25) is 0 Å². The Balaban J connectivity index is 2.03. The number of nitrogens with one attached hydrogen (secondary N) is 1. The molecule has 0 aliphatic carbocycles. The van der Waals surface area contributed by atoms with Crippen molar-refractivity contribution in [2.75, 3.05) is 0 Å². The number of aryl methyl sites for hydroxylation is 2. The molecule has 0 amide bonds. The van der Waals surface area contributed by atoms with Crippen molar-refractivity contribution in [1.82, 2.24) is 5.32 Å². The lowest BCUT2D eigenvalue weighted by Crippen LogP contribution is -2.18. The fourth-order valence-electron chi connectivity index (χ4n) is 2.02. The first-order valence-electron chi connectivity index (χ1n) is 6.21. The van der Waals surface area contributed by atoms with Crippen LogP contribution < -0.4 is 5.32 Å². The van der Waals surface area contributed by atoms with Crippen molar-refractivity contribution < 1.29 is 8.78 Å². The molecule has 1 heterocycles. The highest BCUT2D eigenvalue weighted by molar-refractivity contribution is 7.12. The number of halogens is 2. The van der Waals surface area contributed by atoms with Crippen LogP contribution in [0.4, 0.5) is 8.78 Å². The average molecular weight is 281 g/mol. The summed E-state index contributed by atoms with van der Waals surface area (Å²) in [6, 6.07) is 6.17. The van der Waals surface area contributed by atoms with Crippen LogP contribution in [0.15, 0.2) is 24.3 Å². The Labute approximate surface area is 116 Å². The monoisotopic (exact) mass is 281 g/mol. The van der Waals surface area contributed by atoms with E-state index in [4.69, 9.17) is 0 Å².